The summed E-state index contributed by atoms with van der Waals surface area (Å²) in [7, 11) is 0. The van der Waals surface area contributed by atoms with Crippen LogP contribution in [0.15, 0.2) is 24.5 Å². The van der Waals surface area contributed by atoms with Crippen LogP contribution in [0.25, 0.3) is 0 Å². The van der Waals surface area contributed by atoms with Crippen molar-refractivity contribution in [2.24, 2.45) is 0 Å². The molecule has 0 saturated heterocycles. The largest absolute Gasteiger partial charge is 0.480 e. The molecule has 1 N–H and O–H groups in total. The van der Waals surface area contributed by atoms with Gasteiger partial charge < -0.3 is 5.11 Å². The van der Waals surface area contributed by atoms with E-state index in [4.69, 9.17) is 5.11 Å². The number of carboxylic acids is 1. The number of aliphatic carboxylic acids is 1. The topological polar surface area (TPSA) is 50.2 Å². The normalized spacial score (nSPS) is 12.5. The highest BCUT2D eigenvalue weighted by atomic mass is 79.9. The van der Waals surface area contributed by atoms with Gasteiger partial charge in [0.25, 0.3) is 0 Å². The van der Waals surface area contributed by atoms with E-state index in [0.717, 1.165) is 0 Å². The number of halogens is 1. The van der Waals surface area contributed by atoms with E-state index in [-0.39, 0.29) is 0 Å². The van der Waals surface area contributed by atoms with Crippen molar-refractivity contribution in [1.82, 2.24) is 4.98 Å². The van der Waals surface area contributed by atoms with Gasteiger partial charge in [-0.1, -0.05) is 22.0 Å². The average molecular weight is 216 g/mol. The summed E-state index contributed by atoms with van der Waals surface area (Å²) < 4.78 is 0. The van der Waals surface area contributed by atoms with Crippen LogP contribution in [0.4, 0.5) is 0 Å². The predicted octanol–water partition coefficient (Wildman–Crippen LogP) is 1.60. The number of aromatic nitrogens is 1. The van der Waals surface area contributed by atoms with Crippen molar-refractivity contribution in [2.75, 3.05) is 0 Å². The first-order valence-corrected chi connectivity index (χ1v) is 3.90. The molecule has 11 heavy (non-hydrogen) atoms. The average Bonchev–Trinajstić information content (AvgIpc) is 2.05. The lowest BCUT2D eigenvalue weighted by atomic mass is 10.2. The SMILES string of the molecule is O=C(O)[C@@H](Br)c1cccnc1. The molecule has 0 fully saturated rings. The Morgan fingerprint density at radius 2 is 2.45 bits per heavy atom. The molecule has 1 heterocycles. The molecule has 0 bridgehead atoms. The van der Waals surface area contributed by atoms with Crippen LogP contribution >= 0.6 is 15.9 Å². The molecule has 1 rings (SSSR count). The van der Waals surface area contributed by atoms with Crippen molar-refractivity contribution < 1.29 is 9.90 Å². The minimum absolute atomic E-state index is 0.653. The highest BCUT2D eigenvalue weighted by Gasteiger charge is 2.14. The van der Waals surface area contributed by atoms with Crippen molar-refractivity contribution in [3.8, 4) is 0 Å². The van der Waals surface area contributed by atoms with Gasteiger partial charge in [0.1, 0.15) is 4.83 Å². The van der Waals surface area contributed by atoms with E-state index < -0.39 is 10.8 Å². The monoisotopic (exact) mass is 215 g/mol. The molecule has 0 saturated carbocycles. The van der Waals surface area contributed by atoms with Crippen LogP contribution in [0.5, 0.6) is 0 Å². The van der Waals surface area contributed by atoms with Crippen LogP contribution in [0.3, 0.4) is 0 Å². The maximum Gasteiger partial charge on any atom is 0.321 e. The zero-order valence-corrected chi connectivity index (χ0v) is 7.15. The molecular weight excluding hydrogens is 210 g/mol. The van der Waals surface area contributed by atoms with Crippen LogP contribution in [0.1, 0.15) is 10.4 Å². The van der Waals surface area contributed by atoms with Gasteiger partial charge in [-0.3, -0.25) is 9.78 Å². The Hall–Kier alpha value is -0.900. The number of alkyl halides is 1. The molecule has 0 aliphatic heterocycles. The Labute approximate surface area is 72.2 Å². The quantitative estimate of drug-likeness (QED) is 0.763. The summed E-state index contributed by atoms with van der Waals surface area (Å²) in [5.41, 5.74) is 0.653. The first-order valence-electron chi connectivity index (χ1n) is 2.98. The third-order valence-corrected chi connectivity index (χ3v) is 2.11. The van der Waals surface area contributed by atoms with Gasteiger partial charge in [-0.2, -0.15) is 0 Å². The fourth-order valence-electron chi connectivity index (χ4n) is 0.668. The molecule has 0 aliphatic rings. The molecule has 0 aromatic carbocycles. The fourth-order valence-corrected chi connectivity index (χ4v) is 0.939. The first-order chi connectivity index (χ1) is 5.22. The van der Waals surface area contributed by atoms with Crippen LogP contribution in [0, 0.1) is 0 Å². The number of rotatable bonds is 2. The Kier molecular flexibility index (Phi) is 2.59. The molecular formula is C7H6BrNO2. The van der Waals surface area contributed by atoms with Crippen LogP contribution in [-0.2, 0) is 4.79 Å². The predicted molar refractivity (Wildman–Crippen MR) is 43.5 cm³/mol. The molecule has 0 radical (unpaired) electrons. The molecule has 1 aromatic heterocycles. The van der Waals surface area contributed by atoms with E-state index >= 15 is 0 Å². The van der Waals surface area contributed by atoms with Gasteiger partial charge in [0.2, 0.25) is 0 Å². The van der Waals surface area contributed by atoms with Crippen molar-refractivity contribution in [1.29, 1.82) is 0 Å². The van der Waals surface area contributed by atoms with Gasteiger partial charge in [0.05, 0.1) is 0 Å². The van der Waals surface area contributed by atoms with Gasteiger partial charge in [-0.05, 0) is 11.6 Å². The Bertz CT molecular complexity index is 250. The van der Waals surface area contributed by atoms with Crippen molar-refractivity contribution in [2.45, 2.75) is 4.83 Å². The third kappa shape index (κ3) is 2.01. The van der Waals surface area contributed by atoms with E-state index in [9.17, 15) is 4.79 Å². The number of hydrogen-bond donors (Lipinski definition) is 1. The fraction of sp³-hybridized carbons (Fsp3) is 0.143. The van der Waals surface area contributed by atoms with Crippen molar-refractivity contribution in [3.63, 3.8) is 0 Å². The van der Waals surface area contributed by atoms with E-state index in [1.54, 1.807) is 18.3 Å². The van der Waals surface area contributed by atoms with E-state index in [2.05, 4.69) is 20.9 Å². The first kappa shape index (κ1) is 8.20. The summed E-state index contributed by atoms with van der Waals surface area (Å²) in [6.07, 6.45) is 3.12. The van der Waals surface area contributed by atoms with Gasteiger partial charge in [0.15, 0.2) is 0 Å². The van der Waals surface area contributed by atoms with Gasteiger partial charge in [-0.25, -0.2) is 0 Å². The molecule has 4 heteroatoms. The van der Waals surface area contributed by atoms with E-state index in [1.807, 2.05) is 0 Å². The smallest absolute Gasteiger partial charge is 0.321 e. The maximum absolute atomic E-state index is 10.4. The Balaban J connectivity index is 2.85. The lowest BCUT2D eigenvalue weighted by molar-refractivity contribution is -0.136. The minimum Gasteiger partial charge on any atom is -0.480 e. The van der Waals surface area contributed by atoms with Crippen LogP contribution < -0.4 is 0 Å². The van der Waals surface area contributed by atoms with Crippen molar-refractivity contribution >= 4 is 21.9 Å². The zero-order valence-electron chi connectivity index (χ0n) is 5.57. The number of carbonyl (C=O) groups is 1. The Morgan fingerprint density at radius 1 is 1.73 bits per heavy atom. The molecule has 0 amide bonds. The second-order valence-corrected chi connectivity index (χ2v) is 2.90. The minimum atomic E-state index is -0.905. The number of carboxylic acid groups (broad SMARTS) is 1. The summed E-state index contributed by atoms with van der Waals surface area (Å²) in [5, 5.41) is 8.56. The van der Waals surface area contributed by atoms with Crippen LogP contribution in [0.2, 0.25) is 0 Å². The standard InChI is InChI=1S/C7H6BrNO2/c8-6(7(10)11)5-2-1-3-9-4-5/h1-4,6H,(H,10,11)/t6-/m0/s1. The van der Waals surface area contributed by atoms with Gasteiger partial charge in [0, 0.05) is 12.4 Å². The van der Waals surface area contributed by atoms with E-state index in [0.29, 0.717) is 5.56 Å². The lowest BCUT2D eigenvalue weighted by Crippen LogP contribution is -2.04. The molecule has 0 spiro atoms. The molecule has 3 nitrogen and oxygen atoms in total. The number of hydrogen-bond acceptors (Lipinski definition) is 2. The molecule has 1 aromatic rings. The number of pyridine rings is 1. The lowest BCUT2D eigenvalue weighted by Gasteiger charge is -2.01. The maximum atomic E-state index is 10.4. The second-order valence-electron chi connectivity index (χ2n) is 1.99. The number of nitrogens with zero attached hydrogens (tertiary/aromatic N) is 1. The summed E-state index contributed by atoms with van der Waals surface area (Å²) >= 11 is 3.01. The van der Waals surface area contributed by atoms with Crippen molar-refractivity contribution in [3.05, 3.63) is 30.1 Å². The highest BCUT2D eigenvalue weighted by Crippen LogP contribution is 2.20. The summed E-state index contributed by atoms with van der Waals surface area (Å²) in [4.78, 5) is 13.6. The molecule has 0 unspecified atom stereocenters. The van der Waals surface area contributed by atoms with Crippen LogP contribution in [-0.4, -0.2) is 16.1 Å². The van der Waals surface area contributed by atoms with Gasteiger partial charge in [-0.15, -0.1) is 0 Å². The summed E-state index contributed by atoms with van der Waals surface area (Å²) in [5.74, 6) is -0.905. The summed E-state index contributed by atoms with van der Waals surface area (Å²) in [6.45, 7) is 0. The third-order valence-electron chi connectivity index (χ3n) is 1.19. The molecule has 1 atom stereocenters. The molecule has 0 aliphatic carbocycles. The molecule has 58 valence electrons. The van der Waals surface area contributed by atoms with Gasteiger partial charge >= 0.3 is 5.97 Å². The zero-order chi connectivity index (χ0) is 8.27. The summed E-state index contributed by atoms with van der Waals surface area (Å²) in [6, 6.07) is 3.41. The Morgan fingerprint density at radius 3 is 2.91 bits per heavy atom. The highest BCUT2D eigenvalue weighted by molar-refractivity contribution is 9.09. The second kappa shape index (κ2) is 3.48. The van der Waals surface area contributed by atoms with E-state index in [1.165, 1.54) is 6.20 Å².